The number of benzene rings is 2. The number of methoxy groups -OCH3 is 1. The van der Waals surface area contributed by atoms with Gasteiger partial charge in [0.25, 0.3) is 0 Å². The van der Waals surface area contributed by atoms with Gasteiger partial charge in [-0.2, -0.15) is 0 Å². The molecule has 2 N–H and O–H groups in total. The van der Waals surface area contributed by atoms with Crippen LogP contribution in [0.15, 0.2) is 60.7 Å². The van der Waals surface area contributed by atoms with E-state index in [9.17, 15) is 19.0 Å². The predicted octanol–water partition coefficient (Wildman–Crippen LogP) is 4.73. The van der Waals surface area contributed by atoms with Gasteiger partial charge in [0, 0.05) is 6.16 Å². The predicted molar refractivity (Wildman–Crippen MR) is 123 cm³/mol. The first-order valence-electron chi connectivity index (χ1n) is 10.8. The summed E-state index contributed by atoms with van der Waals surface area (Å²) in [6.07, 6.45) is 1.05. The molecule has 2 aromatic carbocycles. The van der Waals surface area contributed by atoms with Crippen molar-refractivity contribution in [2.45, 2.75) is 45.0 Å². The van der Waals surface area contributed by atoms with Crippen LogP contribution in [0.5, 0.6) is 0 Å². The topological polar surface area (TPSA) is 102 Å². The second-order valence-electron chi connectivity index (χ2n) is 7.67. The zero-order valence-electron chi connectivity index (χ0n) is 18.6. The second kappa shape index (κ2) is 13.0. The van der Waals surface area contributed by atoms with Gasteiger partial charge >= 0.3 is 12.1 Å². The third kappa shape index (κ3) is 8.48. The summed E-state index contributed by atoms with van der Waals surface area (Å²) in [6.45, 7) is 1.76. The molecule has 0 aliphatic heterocycles. The van der Waals surface area contributed by atoms with E-state index in [4.69, 9.17) is 9.47 Å². The van der Waals surface area contributed by atoms with Gasteiger partial charge in [-0.05, 0) is 36.8 Å². The van der Waals surface area contributed by atoms with Gasteiger partial charge in [0.2, 0.25) is 7.37 Å². The Labute approximate surface area is 189 Å². The third-order valence-corrected chi connectivity index (χ3v) is 7.68. The number of hydrogen-bond acceptors (Lipinski definition) is 5. The quantitative estimate of drug-likeness (QED) is 0.350. The molecule has 174 valence electrons. The lowest BCUT2D eigenvalue weighted by Crippen LogP contribution is -2.36. The van der Waals surface area contributed by atoms with E-state index < -0.39 is 31.1 Å². The van der Waals surface area contributed by atoms with Gasteiger partial charge < -0.3 is 19.7 Å². The van der Waals surface area contributed by atoms with Crippen molar-refractivity contribution in [3.8, 4) is 0 Å². The van der Waals surface area contributed by atoms with E-state index in [-0.39, 0.29) is 19.2 Å². The summed E-state index contributed by atoms with van der Waals surface area (Å²) >= 11 is 0. The van der Waals surface area contributed by atoms with Crippen molar-refractivity contribution < 1.29 is 28.5 Å². The minimum absolute atomic E-state index is 0.0586. The van der Waals surface area contributed by atoms with Crippen LogP contribution in [-0.4, -0.2) is 36.0 Å². The fraction of sp³-hybridized carbons (Fsp3) is 0.417. The van der Waals surface area contributed by atoms with E-state index in [0.29, 0.717) is 12.8 Å². The number of hydrogen-bond donors (Lipinski definition) is 2. The molecule has 0 saturated heterocycles. The summed E-state index contributed by atoms with van der Waals surface area (Å²) in [5.74, 6) is -2.25. The standard InChI is InChI=1S/C24H32NO6P/c1-3-22(25-24(27)31-17-20-13-8-5-9-14-20)32(28,29)18-21(23(26)30-2)16-10-15-19-11-6-4-7-12-19/h4-9,11-14,21-22H,3,10,15-18H2,1-2H3,(H,25,27)(H,28,29). The smallest absolute Gasteiger partial charge is 0.408 e. The molecule has 3 atom stereocenters. The van der Waals surface area contributed by atoms with Crippen molar-refractivity contribution >= 4 is 19.4 Å². The van der Waals surface area contributed by atoms with Crippen LogP contribution in [0.2, 0.25) is 0 Å². The summed E-state index contributed by atoms with van der Waals surface area (Å²) in [6, 6.07) is 19.0. The van der Waals surface area contributed by atoms with Crippen LogP contribution in [0.3, 0.4) is 0 Å². The van der Waals surface area contributed by atoms with Crippen molar-refractivity contribution in [2.75, 3.05) is 13.3 Å². The molecule has 0 heterocycles. The fourth-order valence-electron chi connectivity index (χ4n) is 3.48. The van der Waals surface area contributed by atoms with E-state index in [0.717, 1.165) is 17.5 Å². The van der Waals surface area contributed by atoms with Gasteiger partial charge in [-0.3, -0.25) is 9.36 Å². The van der Waals surface area contributed by atoms with Crippen molar-refractivity contribution in [1.82, 2.24) is 5.32 Å². The molecule has 8 heteroatoms. The van der Waals surface area contributed by atoms with E-state index in [1.54, 1.807) is 6.92 Å². The number of alkyl carbamates (subject to hydrolysis) is 1. The number of carbonyl (C=O) groups excluding carboxylic acids is 2. The Balaban J connectivity index is 1.93. The zero-order valence-corrected chi connectivity index (χ0v) is 19.5. The van der Waals surface area contributed by atoms with Gasteiger partial charge in [0.1, 0.15) is 12.4 Å². The minimum atomic E-state index is -3.90. The number of nitrogens with one attached hydrogen (secondary N) is 1. The largest absolute Gasteiger partial charge is 0.469 e. The van der Waals surface area contributed by atoms with Crippen LogP contribution in [0, 0.1) is 5.92 Å². The van der Waals surface area contributed by atoms with Crippen LogP contribution < -0.4 is 5.32 Å². The average Bonchev–Trinajstić information content (AvgIpc) is 2.81. The molecule has 0 aromatic heterocycles. The summed E-state index contributed by atoms with van der Waals surface area (Å²) in [4.78, 5) is 35.2. The van der Waals surface area contributed by atoms with Crippen LogP contribution in [0.1, 0.15) is 37.3 Å². The Kier molecular flexibility index (Phi) is 10.4. The number of rotatable bonds is 12. The SMILES string of the molecule is CCC(NC(=O)OCc1ccccc1)P(=O)(O)CC(CCCc1ccccc1)C(=O)OC. The molecule has 0 aliphatic rings. The monoisotopic (exact) mass is 461 g/mol. The molecule has 2 rings (SSSR count). The van der Waals surface area contributed by atoms with Crippen molar-refractivity contribution in [2.24, 2.45) is 5.92 Å². The van der Waals surface area contributed by atoms with Gasteiger partial charge in [0.05, 0.1) is 13.0 Å². The Morgan fingerprint density at radius 1 is 1.03 bits per heavy atom. The Bertz CT molecular complexity index is 890. The summed E-state index contributed by atoms with van der Waals surface area (Å²) < 4.78 is 23.1. The molecule has 32 heavy (non-hydrogen) atoms. The molecule has 0 radical (unpaired) electrons. The highest BCUT2D eigenvalue weighted by atomic mass is 31.2. The third-order valence-electron chi connectivity index (χ3n) is 5.25. The molecular weight excluding hydrogens is 429 g/mol. The molecule has 0 aliphatic carbocycles. The van der Waals surface area contributed by atoms with E-state index in [1.807, 2.05) is 60.7 Å². The lowest BCUT2D eigenvalue weighted by molar-refractivity contribution is -0.145. The van der Waals surface area contributed by atoms with Crippen molar-refractivity contribution in [3.63, 3.8) is 0 Å². The Morgan fingerprint density at radius 2 is 1.62 bits per heavy atom. The second-order valence-corrected chi connectivity index (χ2v) is 10.2. The maximum absolute atomic E-state index is 13.1. The van der Waals surface area contributed by atoms with E-state index in [2.05, 4.69) is 5.32 Å². The van der Waals surface area contributed by atoms with Gasteiger partial charge in [0.15, 0.2) is 0 Å². The summed E-state index contributed by atoms with van der Waals surface area (Å²) in [5, 5.41) is 2.50. The zero-order chi connectivity index (χ0) is 23.4. The number of amides is 1. The number of carbonyl (C=O) groups is 2. The molecule has 3 unspecified atom stereocenters. The molecule has 0 saturated carbocycles. The molecular formula is C24H32NO6P. The highest BCUT2D eigenvalue weighted by Crippen LogP contribution is 2.49. The lowest BCUT2D eigenvalue weighted by Gasteiger charge is -2.25. The minimum Gasteiger partial charge on any atom is -0.469 e. The van der Waals surface area contributed by atoms with Gasteiger partial charge in [-0.1, -0.05) is 67.6 Å². The Hall–Kier alpha value is -2.63. The molecule has 1 amide bonds. The van der Waals surface area contributed by atoms with Crippen LogP contribution in [0.25, 0.3) is 0 Å². The number of aryl methyl sites for hydroxylation is 1. The number of ether oxygens (including phenoxy) is 2. The molecule has 0 fully saturated rings. The fourth-order valence-corrected chi connectivity index (χ4v) is 5.58. The first-order valence-corrected chi connectivity index (χ1v) is 12.7. The van der Waals surface area contributed by atoms with E-state index >= 15 is 0 Å². The lowest BCUT2D eigenvalue weighted by atomic mass is 10.0. The van der Waals surface area contributed by atoms with Gasteiger partial charge in [-0.25, -0.2) is 4.79 Å². The van der Waals surface area contributed by atoms with Crippen LogP contribution >= 0.6 is 7.37 Å². The molecule has 0 spiro atoms. The molecule has 2 aromatic rings. The summed E-state index contributed by atoms with van der Waals surface area (Å²) in [5.41, 5.74) is 1.95. The maximum Gasteiger partial charge on any atom is 0.408 e. The van der Waals surface area contributed by atoms with Crippen molar-refractivity contribution in [1.29, 1.82) is 0 Å². The van der Waals surface area contributed by atoms with Crippen LogP contribution in [0.4, 0.5) is 4.79 Å². The van der Waals surface area contributed by atoms with Crippen molar-refractivity contribution in [3.05, 3.63) is 71.8 Å². The molecule has 7 nitrogen and oxygen atoms in total. The normalized spacial score (nSPS) is 14.6. The average molecular weight is 461 g/mol. The highest BCUT2D eigenvalue weighted by Gasteiger charge is 2.36. The summed E-state index contributed by atoms with van der Waals surface area (Å²) in [7, 11) is -2.63. The van der Waals surface area contributed by atoms with Crippen LogP contribution in [-0.2, 0) is 31.9 Å². The highest BCUT2D eigenvalue weighted by molar-refractivity contribution is 7.58. The Morgan fingerprint density at radius 3 is 2.19 bits per heavy atom. The first-order chi connectivity index (χ1) is 15.4. The number of esters is 1. The van der Waals surface area contributed by atoms with Gasteiger partial charge in [-0.15, -0.1) is 0 Å². The molecule has 0 bridgehead atoms. The van der Waals surface area contributed by atoms with E-state index in [1.165, 1.54) is 7.11 Å². The first kappa shape index (κ1) is 25.6. The maximum atomic E-state index is 13.1.